The molecule has 144 valence electrons. The van der Waals surface area contributed by atoms with Gasteiger partial charge in [-0.1, -0.05) is 6.07 Å². The number of methoxy groups -OCH3 is 1. The molecule has 2 aromatic rings. The predicted octanol–water partition coefficient (Wildman–Crippen LogP) is 1.26. The summed E-state index contributed by atoms with van der Waals surface area (Å²) in [4.78, 5) is 27.2. The van der Waals surface area contributed by atoms with Gasteiger partial charge in [0.2, 0.25) is 5.91 Å². The number of hydrogen-bond donors (Lipinski definition) is 2. The van der Waals surface area contributed by atoms with Crippen molar-refractivity contribution >= 4 is 17.6 Å². The highest BCUT2D eigenvalue weighted by Crippen LogP contribution is 2.28. The highest BCUT2D eigenvalue weighted by atomic mass is 16.5. The highest BCUT2D eigenvalue weighted by Gasteiger charge is 2.42. The Balaban J connectivity index is 1.73. The van der Waals surface area contributed by atoms with Crippen LogP contribution in [-0.2, 0) is 11.8 Å². The maximum atomic E-state index is 12.8. The Kier molecular flexibility index (Phi) is 5.34. The number of carbonyl (C=O) groups is 2. The first-order chi connectivity index (χ1) is 13.0. The van der Waals surface area contributed by atoms with E-state index in [4.69, 9.17) is 4.74 Å². The molecule has 2 amide bonds. The second-order valence-corrected chi connectivity index (χ2v) is 6.69. The largest absolute Gasteiger partial charge is 0.497 e. The van der Waals surface area contributed by atoms with Crippen LogP contribution < -0.4 is 15.4 Å². The van der Waals surface area contributed by atoms with E-state index in [-0.39, 0.29) is 11.8 Å². The summed E-state index contributed by atoms with van der Waals surface area (Å²) in [5.74, 6) is 1.14. The minimum absolute atomic E-state index is 0.0581. The number of benzene rings is 1. The molecule has 0 atom stereocenters. The molecule has 1 aromatic carbocycles. The standard InChI is InChI=1S/C19H25N5O3/c1-20-18(26)19(21-16-7-10-23(2)22-16)8-11-24(12-9-19)17(25)14-5-4-6-15(13-14)27-3/h4-7,10,13H,8-9,11-12H2,1-3H3,(H,20,26)(H,21,22). The maximum absolute atomic E-state index is 12.8. The normalized spacial score (nSPS) is 15.9. The molecule has 0 aliphatic carbocycles. The second kappa shape index (κ2) is 7.69. The van der Waals surface area contributed by atoms with Crippen LogP contribution in [0.15, 0.2) is 36.5 Å². The van der Waals surface area contributed by atoms with Crippen LogP contribution in [0.4, 0.5) is 5.82 Å². The van der Waals surface area contributed by atoms with E-state index in [1.807, 2.05) is 19.3 Å². The zero-order valence-electron chi connectivity index (χ0n) is 15.9. The Bertz CT molecular complexity index is 824. The third-order valence-electron chi connectivity index (χ3n) is 4.96. The summed E-state index contributed by atoms with van der Waals surface area (Å²) in [6.07, 6.45) is 2.82. The molecular weight excluding hydrogens is 346 g/mol. The smallest absolute Gasteiger partial charge is 0.253 e. The van der Waals surface area contributed by atoms with E-state index >= 15 is 0 Å². The van der Waals surface area contributed by atoms with E-state index in [1.165, 1.54) is 0 Å². The molecule has 1 saturated heterocycles. The molecule has 3 rings (SSSR count). The molecule has 27 heavy (non-hydrogen) atoms. The van der Waals surface area contributed by atoms with Gasteiger partial charge in [0.15, 0.2) is 0 Å². The number of rotatable bonds is 5. The topological polar surface area (TPSA) is 88.5 Å². The van der Waals surface area contributed by atoms with E-state index in [0.717, 1.165) is 0 Å². The summed E-state index contributed by atoms with van der Waals surface area (Å²) >= 11 is 0. The summed E-state index contributed by atoms with van der Waals surface area (Å²) in [5, 5.41) is 10.3. The lowest BCUT2D eigenvalue weighted by Crippen LogP contribution is -2.58. The van der Waals surface area contributed by atoms with Gasteiger partial charge in [0.25, 0.3) is 5.91 Å². The van der Waals surface area contributed by atoms with Crippen LogP contribution in [0, 0.1) is 0 Å². The fourth-order valence-electron chi connectivity index (χ4n) is 3.41. The van der Waals surface area contributed by atoms with E-state index in [9.17, 15) is 9.59 Å². The first-order valence-corrected chi connectivity index (χ1v) is 8.91. The number of nitrogens with one attached hydrogen (secondary N) is 2. The first kappa shape index (κ1) is 18.8. The number of anilines is 1. The molecule has 0 unspecified atom stereocenters. The third-order valence-corrected chi connectivity index (χ3v) is 4.96. The molecule has 8 heteroatoms. The van der Waals surface area contributed by atoms with Crippen LogP contribution in [0.3, 0.4) is 0 Å². The molecular formula is C19H25N5O3. The van der Waals surface area contributed by atoms with Crippen LogP contribution in [0.2, 0.25) is 0 Å². The third kappa shape index (κ3) is 3.89. The first-order valence-electron chi connectivity index (χ1n) is 8.91. The molecule has 1 aliphatic rings. The van der Waals surface area contributed by atoms with Crippen LogP contribution in [0.5, 0.6) is 5.75 Å². The molecule has 2 heterocycles. The Morgan fingerprint density at radius 2 is 1.96 bits per heavy atom. The average molecular weight is 371 g/mol. The summed E-state index contributed by atoms with van der Waals surface area (Å²) < 4.78 is 6.88. The number of ether oxygens (including phenoxy) is 1. The SMILES string of the molecule is CNC(=O)C1(Nc2ccn(C)n2)CCN(C(=O)c2cccc(OC)c2)CC1. The number of likely N-dealkylation sites (N-methyl/N-ethyl adjacent to an activating group) is 1. The Morgan fingerprint density at radius 3 is 2.56 bits per heavy atom. The minimum atomic E-state index is -0.783. The van der Waals surface area contributed by atoms with Crippen molar-refractivity contribution < 1.29 is 14.3 Å². The van der Waals surface area contributed by atoms with Crippen molar-refractivity contribution in [3.8, 4) is 5.75 Å². The fourth-order valence-corrected chi connectivity index (χ4v) is 3.41. The predicted molar refractivity (Wildman–Crippen MR) is 102 cm³/mol. The van der Waals surface area contributed by atoms with Crippen molar-refractivity contribution in [3.63, 3.8) is 0 Å². The number of carbonyl (C=O) groups excluding carboxylic acids is 2. The van der Waals surface area contributed by atoms with Crippen LogP contribution in [0.25, 0.3) is 0 Å². The van der Waals surface area contributed by atoms with Gasteiger partial charge in [-0.25, -0.2) is 0 Å². The van der Waals surface area contributed by atoms with Gasteiger partial charge in [-0.2, -0.15) is 5.10 Å². The van der Waals surface area contributed by atoms with Crippen molar-refractivity contribution in [1.82, 2.24) is 20.0 Å². The van der Waals surface area contributed by atoms with Gasteiger partial charge in [0, 0.05) is 45.0 Å². The molecule has 1 aromatic heterocycles. The van der Waals surface area contributed by atoms with E-state index in [1.54, 1.807) is 48.0 Å². The summed E-state index contributed by atoms with van der Waals surface area (Å²) in [5.41, 5.74) is -0.201. The van der Waals surface area contributed by atoms with Crippen molar-refractivity contribution in [2.45, 2.75) is 18.4 Å². The lowest BCUT2D eigenvalue weighted by Gasteiger charge is -2.41. The minimum Gasteiger partial charge on any atom is -0.497 e. The van der Waals surface area contributed by atoms with Gasteiger partial charge in [-0.05, 0) is 31.0 Å². The summed E-state index contributed by atoms with van der Waals surface area (Å²) in [6, 6.07) is 8.94. The fraction of sp³-hybridized carbons (Fsp3) is 0.421. The molecule has 8 nitrogen and oxygen atoms in total. The number of likely N-dealkylation sites (tertiary alicyclic amines) is 1. The van der Waals surface area contributed by atoms with Crippen LogP contribution in [0.1, 0.15) is 23.2 Å². The zero-order chi connectivity index (χ0) is 19.4. The Hall–Kier alpha value is -3.03. The van der Waals surface area contributed by atoms with Gasteiger partial charge in [-0.3, -0.25) is 14.3 Å². The molecule has 0 radical (unpaired) electrons. The summed E-state index contributed by atoms with van der Waals surface area (Å²) in [6.45, 7) is 0.951. The van der Waals surface area contributed by atoms with E-state index in [2.05, 4.69) is 15.7 Å². The average Bonchev–Trinajstić information content (AvgIpc) is 3.11. The van der Waals surface area contributed by atoms with Crippen molar-refractivity contribution in [1.29, 1.82) is 0 Å². The van der Waals surface area contributed by atoms with Gasteiger partial charge in [0.05, 0.1) is 7.11 Å². The monoisotopic (exact) mass is 371 g/mol. The molecule has 0 bridgehead atoms. The Morgan fingerprint density at radius 1 is 1.22 bits per heavy atom. The number of aromatic nitrogens is 2. The van der Waals surface area contributed by atoms with Gasteiger partial charge in [-0.15, -0.1) is 0 Å². The molecule has 1 aliphatic heterocycles. The maximum Gasteiger partial charge on any atom is 0.253 e. The van der Waals surface area contributed by atoms with Crippen molar-refractivity contribution in [2.75, 3.05) is 32.6 Å². The molecule has 0 spiro atoms. The van der Waals surface area contributed by atoms with Gasteiger partial charge >= 0.3 is 0 Å². The number of amides is 2. The van der Waals surface area contributed by atoms with Crippen molar-refractivity contribution in [2.24, 2.45) is 7.05 Å². The van der Waals surface area contributed by atoms with Crippen molar-refractivity contribution in [3.05, 3.63) is 42.1 Å². The number of nitrogens with zero attached hydrogens (tertiary/aromatic N) is 3. The van der Waals surface area contributed by atoms with Crippen LogP contribution in [-0.4, -0.2) is 59.3 Å². The quantitative estimate of drug-likeness (QED) is 0.826. The zero-order valence-corrected chi connectivity index (χ0v) is 15.9. The van der Waals surface area contributed by atoms with Gasteiger partial charge < -0.3 is 20.3 Å². The van der Waals surface area contributed by atoms with E-state index < -0.39 is 5.54 Å². The molecule has 1 fully saturated rings. The van der Waals surface area contributed by atoms with Gasteiger partial charge in [0.1, 0.15) is 17.1 Å². The number of aryl methyl sites for hydroxylation is 1. The lowest BCUT2D eigenvalue weighted by atomic mass is 9.86. The second-order valence-electron chi connectivity index (χ2n) is 6.69. The number of hydrogen-bond acceptors (Lipinski definition) is 5. The Labute approximate surface area is 158 Å². The van der Waals surface area contributed by atoms with E-state index in [0.29, 0.717) is 43.1 Å². The highest BCUT2D eigenvalue weighted by molar-refractivity contribution is 5.95. The lowest BCUT2D eigenvalue weighted by molar-refractivity contribution is -0.126. The molecule has 0 saturated carbocycles. The number of piperidine rings is 1. The summed E-state index contributed by atoms with van der Waals surface area (Å²) in [7, 11) is 5.02. The van der Waals surface area contributed by atoms with Crippen LogP contribution >= 0.6 is 0 Å². The molecule has 2 N–H and O–H groups in total.